The molecule has 0 spiro atoms. The van der Waals surface area contributed by atoms with Crippen molar-refractivity contribution >= 4 is 38.2 Å². The summed E-state index contributed by atoms with van der Waals surface area (Å²) in [4.78, 5) is 14.1. The summed E-state index contributed by atoms with van der Waals surface area (Å²) in [6.45, 7) is 9.47. The summed E-state index contributed by atoms with van der Waals surface area (Å²) in [5, 5.41) is 4.27. The van der Waals surface area contributed by atoms with Crippen molar-refractivity contribution in [1.82, 2.24) is 19.4 Å². The van der Waals surface area contributed by atoms with Crippen molar-refractivity contribution < 1.29 is 8.42 Å². The molecule has 0 saturated carbocycles. The molecule has 4 aromatic rings. The Morgan fingerprint density at radius 2 is 1.68 bits per heavy atom. The number of anilines is 3. The highest BCUT2D eigenvalue weighted by Crippen LogP contribution is 2.24. The predicted octanol–water partition coefficient (Wildman–Crippen LogP) is 4.67. The van der Waals surface area contributed by atoms with Gasteiger partial charge in [-0.1, -0.05) is 12.1 Å². The molecule has 1 saturated heterocycles. The lowest BCUT2D eigenvalue weighted by molar-refractivity contribution is 0.313. The molecule has 5 rings (SSSR count). The van der Waals surface area contributed by atoms with E-state index in [2.05, 4.69) is 51.4 Å². The number of hydrogen-bond acceptors (Lipinski definition) is 7. The molecule has 2 aromatic heterocycles. The zero-order valence-electron chi connectivity index (χ0n) is 22.6. The summed E-state index contributed by atoms with van der Waals surface area (Å²) in [5.41, 5.74) is 4.86. The predicted molar refractivity (Wildman–Crippen MR) is 156 cm³/mol. The highest BCUT2D eigenvalue weighted by Gasteiger charge is 2.28. The molecule has 1 aliphatic heterocycles. The van der Waals surface area contributed by atoms with Crippen molar-refractivity contribution in [3.8, 4) is 5.69 Å². The number of rotatable bonds is 7. The van der Waals surface area contributed by atoms with Gasteiger partial charge < -0.3 is 19.7 Å². The minimum absolute atomic E-state index is 0.121. The molecule has 0 unspecified atom stereocenters. The Morgan fingerprint density at radius 3 is 2.39 bits per heavy atom. The average molecular weight is 533 g/mol. The van der Waals surface area contributed by atoms with Crippen LogP contribution in [-0.4, -0.2) is 71.6 Å². The molecule has 0 aliphatic carbocycles. The summed E-state index contributed by atoms with van der Waals surface area (Å²) in [6.07, 6.45) is 4.26. The van der Waals surface area contributed by atoms with Gasteiger partial charge in [-0.25, -0.2) is 13.4 Å². The van der Waals surface area contributed by atoms with Crippen LogP contribution in [-0.2, 0) is 16.3 Å². The number of nitrogens with zero attached hydrogens (tertiary/aromatic N) is 5. The van der Waals surface area contributed by atoms with Crippen LogP contribution in [0.25, 0.3) is 16.7 Å². The fraction of sp³-hybridized carbons (Fsp3) is 0.379. The van der Waals surface area contributed by atoms with Crippen LogP contribution >= 0.6 is 0 Å². The Balaban J connectivity index is 1.33. The van der Waals surface area contributed by atoms with E-state index in [1.165, 1.54) is 5.69 Å². The number of aryl methyl sites for hydroxylation is 1. The summed E-state index contributed by atoms with van der Waals surface area (Å²) in [5.74, 6) is 0.646. The number of likely N-dealkylation sites (N-methyl/N-ethyl adjacent to an activating group) is 1. The molecule has 1 aliphatic rings. The highest BCUT2D eigenvalue weighted by atomic mass is 32.2. The molecule has 0 atom stereocenters. The van der Waals surface area contributed by atoms with E-state index in [0.29, 0.717) is 12.4 Å². The van der Waals surface area contributed by atoms with Crippen LogP contribution in [0, 0.1) is 0 Å². The minimum Gasteiger partial charge on any atom is -0.369 e. The van der Waals surface area contributed by atoms with Gasteiger partial charge in [-0.2, -0.15) is 4.98 Å². The van der Waals surface area contributed by atoms with Gasteiger partial charge in [0.1, 0.15) is 5.65 Å². The fourth-order valence-electron chi connectivity index (χ4n) is 4.56. The smallest absolute Gasteiger partial charge is 0.229 e. The SMILES string of the molecule is CN1CCN(c2ccc(Nc3ncc4ccn(-c5cccc(CCS(=O)(=O)C(C)(C)C)c5)c4n3)cc2)CC1. The maximum Gasteiger partial charge on any atom is 0.229 e. The first-order valence-electron chi connectivity index (χ1n) is 13.1. The van der Waals surface area contributed by atoms with Crippen molar-refractivity contribution in [3.63, 3.8) is 0 Å². The van der Waals surface area contributed by atoms with Crippen molar-refractivity contribution in [2.45, 2.75) is 31.9 Å². The number of fused-ring (bicyclic) bond motifs is 1. The maximum absolute atomic E-state index is 12.6. The molecule has 8 nitrogen and oxygen atoms in total. The lowest BCUT2D eigenvalue weighted by atomic mass is 10.1. The molecule has 0 radical (unpaired) electrons. The third-order valence-electron chi connectivity index (χ3n) is 7.20. The lowest BCUT2D eigenvalue weighted by Gasteiger charge is -2.34. The molecule has 0 bridgehead atoms. The molecular formula is C29H36N6O2S. The zero-order valence-corrected chi connectivity index (χ0v) is 23.4. The normalized spacial score (nSPS) is 15.2. The first-order valence-corrected chi connectivity index (χ1v) is 14.7. The van der Waals surface area contributed by atoms with Gasteiger partial charge in [0, 0.05) is 61.0 Å². The second-order valence-electron chi connectivity index (χ2n) is 11.0. The van der Waals surface area contributed by atoms with Crippen LogP contribution < -0.4 is 10.2 Å². The quantitative estimate of drug-likeness (QED) is 0.370. The number of aromatic nitrogens is 3. The minimum atomic E-state index is -3.18. The van der Waals surface area contributed by atoms with Crippen LogP contribution in [0.4, 0.5) is 17.3 Å². The Hall–Kier alpha value is -3.43. The summed E-state index contributed by atoms with van der Waals surface area (Å²) in [7, 11) is -1.02. The van der Waals surface area contributed by atoms with Crippen LogP contribution in [0.15, 0.2) is 67.0 Å². The Kier molecular flexibility index (Phi) is 7.15. The van der Waals surface area contributed by atoms with Gasteiger partial charge in [-0.3, -0.25) is 0 Å². The topological polar surface area (TPSA) is 83.4 Å². The van der Waals surface area contributed by atoms with E-state index >= 15 is 0 Å². The molecule has 0 amide bonds. The first kappa shape index (κ1) is 26.2. The Labute approximate surface area is 225 Å². The monoisotopic (exact) mass is 532 g/mol. The molecule has 2 aromatic carbocycles. The van der Waals surface area contributed by atoms with Gasteiger partial charge in [0.2, 0.25) is 5.95 Å². The van der Waals surface area contributed by atoms with Crippen molar-refractivity contribution in [1.29, 1.82) is 0 Å². The maximum atomic E-state index is 12.6. The van der Waals surface area contributed by atoms with Crippen LogP contribution in [0.5, 0.6) is 0 Å². The number of sulfone groups is 1. The Morgan fingerprint density at radius 1 is 0.947 bits per heavy atom. The molecule has 38 heavy (non-hydrogen) atoms. The van der Waals surface area contributed by atoms with E-state index in [9.17, 15) is 8.42 Å². The number of hydrogen-bond donors (Lipinski definition) is 1. The lowest BCUT2D eigenvalue weighted by Crippen LogP contribution is -2.44. The summed E-state index contributed by atoms with van der Waals surface area (Å²) < 4.78 is 26.4. The average Bonchev–Trinajstić information content (AvgIpc) is 3.31. The van der Waals surface area contributed by atoms with Crippen LogP contribution in [0.3, 0.4) is 0 Å². The molecule has 3 heterocycles. The van der Waals surface area contributed by atoms with Gasteiger partial charge in [0.05, 0.1) is 10.5 Å². The van der Waals surface area contributed by atoms with Gasteiger partial charge in [-0.15, -0.1) is 0 Å². The highest BCUT2D eigenvalue weighted by molar-refractivity contribution is 7.92. The third kappa shape index (κ3) is 5.68. The van der Waals surface area contributed by atoms with E-state index < -0.39 is 14.6 Å². The van der Waals surface area contributed by atoms with E-state index in [-0.39, 0.29) is 5.75 Å². The van der Waals surface area contributed by atoms with Crippen LogP contribution in [0.2, 0.25) is 0 Å². The van der Waals surface area contributed by atoms with Crippen molar-refractivity contribution in [2.75, 3.05) is 49.2 Å². The Bertz CT molecular complexity index is 1510. The second-order valence-corrected chi connectivity index (χ2v) is 13.8. The fourth-order valence-corrected chi connectivity index (χ4v) is 5.67. The second kappa shape index (κ2) is 10.4. The summed E-state index contributed by atoms with van der Waals surface area (Å²) in [6, 6.07) is 18.4. The zero-order chi connectivity index (χ0) is 26.9. The number of benzene rings is 2. The van der Waals surface area contributed by atoms with E-state index in [1.54, 1.807) is 20.8 Å². The molecule has 9 heteroatoms. The summed E-state index contributed by atoms with van der Waals surface area (Å²) >= 11 is 0. The van der Waals surface area contributed by atoms with Gasteiger partial charge in [0.15, 0.2) is 9.84 Å². The van der Waals surface area contributed by atoms with E-state index in [4.69, 9.17) is 4.98 Å². The van der Waals surface area contributed by atoms with Crippen LogP contribution in [0.1, 0.15) is 26.3 Å². The molecule has 1 fully saturated rings. The molecule has 1 N–H and O–H groups in total. The van der Waals surface area contributed by atoms with Gasteiger partial charge in [0.25, 0.3) is 0 Å². The number of nitrogens with one attached hydrogen (secondary N) is 1. The molecule has 200 valence electrons. The van der Waals surface area contributed by atoms with Crippen molar-refractivity contribution in [2.24, 2.45) is 0 Å². The molecular weight excluding hydrogens is 496 g/mol. The van der Waals surface area contributed by atoms with E-state index in [0.717, 1.165) is 54.2 Å². The standard InChI is InChI=1S/C29H36N6O2S/c1-29(2,3)38(36,37)19-13-22-6-5-7-26(20-22)35-14-12-23-21-30-28(32-27(23)35)31-24-8-10-25(11-9-24)34-17-15-33(4)16-18-34/h5-12,14,20-21H,13,15-19H2,1-4H3,(H,30,31,32). The van der Waals surface area contributed by atoms with Crippen molar-refractivity contribution in [3.05, 3.63) is 72.6 Å². The van der Waals surface area contributed by atoms with E-state index in [1.807, 2.05) is 47.3 Å². The van der Waals surface area contributed by atoms with Gasteiger partial charge in [-0.05, 0) is 82.3 Å². The largest absolute Gasteiger partial charge is 0.369 e. The number of piperazine rings is 1. The first-order chi connectivity index (χ1) is 18.1. The van der Waals surface area contributed by atoms with Gasteiger partial charge >= 0.3 is 0 Å². The third-order valence-corrected chi connectivity index (χ3v) is 9.81.